The Morgan fingerprint density at radius 2 is 1.63 bits per heavy atom. The van der Waals surface area contributed by atoms with E-state index >= 15 is 0 Å². The van der Waals surface area contributed by atoms with Gasteiger partial charge in [0.15, 0.2) is 11.5 Å². The normalized spacial score (nSPS) is 13.2. The molecule has 41 heavy (non-hydrogen) atoms. The third kappa shape index (κ3) is 7.12. The van der Waals surface area contributed by atoms with Gasteiger partial charge in [0.05, 0.1) is 10.6 Å². The van der Waals surface area contributed by atoms with Crippen LogP contribution in [0, 0.1) is 0 Å². The Kier molecular flexibility index (Phi) is 10.1. The van der Waals surface area contributed by atoms with E-state index in [-0.39, 0.29) is 23.0 Å². The van der Waals surface area contributed by atoms with Gasteiger partial charge in [-0.15, -0.1) is 0 Å². The highest BCUT2D eigenvalue weighted by atomic mass is 35.5. The van der Waals surface area contributed by atoms with Gasteiger partial charge in [0.1, 0.15) is 25.8 Å². The number of rotatable bonds is 12. The van der Waals surface area contributed by atoms with E-state index in [1.807, 2.05) is 13.8 Å². The van der Waals surface area contributed by atoms with Crippen LogP contribution in [-0.4, -0.2) is 57.5 Å². The van der Waals surface area contributed by atoms with Crippen molar-refractivity contribution >= 4 is 39.1 Å². The first-order chi connectivity index (χ1) is 19.8. The van der Waals surface area contributed by atoms with Crippen molar-refractivity contribution in [2.24, 2.45) is 0 Å². The van der Waals surface area contributed by atoms with Gasteiger partial charge < -0.3 is 19.7 Å². The van der Waals surface area contributed by atoms with Crippen molar-refractivity contribution in [3.8, 4) is 11.5 Å². The van der Waals surface area contributed by atoms with Crippen LogP contribution in [0.25, 0.3) is 0 Å². The van der Waals surface area contributed by atoms with Crippen LogP contribution in [-0.2, 0) is 26.2 Å². The molecule has 218 valence electrons. The SMILES string of the molecule is CCCNC(=O)[C@@H](CC)N(Cc1ccccc1Cl)C(=O)CN(c1ccc2c(c1)OCCO2)S(=O)(=O)c1ccccc1. The van der Waals surface area contributed by atoms with Crippen molar-refractivity contribution in [2.45, 2.75) is 44.2 Å². The molecular weight excluding hydrogens is 566 g/mol. The third-order valence-corrected chi connectivity index (χ3v) is 8.81. The Morgan fingerprint density at radius 1 is 0.951 bits per heavy atom. The fourth-order valence-electron chi connectivity index (χ4n) is 4.53. The molecule has 0 spiro atoms. The molecule has 0 aliphatic carbocycles. The highest BCUT2D eigenvalue weighted by molar-refractivity contribution is 7.92. The molecule has 1 atom stereocenters. The van der Waals surface area contributed by atoms with E-state index in [9.17, 15) is 18.0 Å². The predicted molar refractivity (Wildman–Crippen MR) is 158 cm³/mol. The maximum absolute atomic E-state index is 14.1. The molecule has 0 saturated heterocycles. The fraction of sp³-hybridized carbons (Fsp3) is 0.333. The molecule has 9 nitrogen and oxygen atoms in total. The second kappa shape index (κ2) is 13.7. The first kappa shape index (κ1) is 30.2. The Bertz CT molecular complexity index is 1470. The predicted octanol–water partition coefficient (Wildman–Crippen LogP) is 4.64. The molecule has 1 aliphatic heterocycles. The number of anilines is 1. The Hall–Kier alpha value is -3.76. The first-order valence-corrected chi connectivity index (χ1v) is 15.4. The molecule has 0 unspecified atom stereocenters. The quantitative estimate of drug-likeness (QED) is 0.325. The summed E-state index contributed by atoms with van der Waals surface area (Å²) in [6, 6.07) is 18.8. The van der Waals surface area contributed by atoms with Crippen LogP contribution in [0.15, 0.2) is 77.7 Å². The average molecular weight is 600 g/mol. The van der Waals surface area contributed by atoms with Gasteiger partial charge in [0, 0.05) is 24.2 Å². The molecule has 3 aromatic carbocycles. The zero-order valence-electron chi connectivity index (χ0n) is 23.1. The second-order valence-corrected chi connectivity index (χ2v) is 11.8. The highest BCUT2D eigenvalue weighted by Crippen LogP contribution is 2.36. The van der Waals surface area contributed by atoms with Gasteiger partial charge >= 0.3 is 0 Å². The summed E-state index contributed by atoms with van der Waals surface area (Å²) >= 11 is 6.44. The van der Waals surface area contributed by atoms with E-state index in [0.717, 1.165) is 10.7 Å². The van der Waals surface area contributed by atoms with E-state index in [2.05, 4.69) is 5.32 Å². The Balaban J connectivity index is 1.75. The average Bonchev–Trinajstić information content (AvgIpc) is 2.99. The van der Waals surface area contributed by atoms with Gasteiger partial charge in [-0.1, -0.05) is 61.8 Å². The summed E-state index contributed by atoms with van der Waals surface area (Å²) < 4.78 is 40.3. The monoisotopic (exact) mass is 599 g/mol. The van der Waals surface area contributed by atoms with Crippen molar-refractivity contribution < 1.29 is 27.5 Å². The minimum absolute atomic E-state index is 0.0214. The minimum Gasteiger partial charge on any atom is -0.486 e. The summed E-state index contributed by atoms with van der Waals surface area (Å²) in [5, 5.41) is 3.31. The van der Waals surface area contributed by atoms with Gasteiger partial charge in [-0.25, -0.2) is 8.42 Å². The molecule has 3 aromatic rings. The van der Waals surface area contributed by atoms with E-state index in [0.29, 0.717) is 48.3 Å². The number of nitrogens with zero attached hydrogens (tertiary/aromatic N) is 2. The summed E-state index contributed by atoms with van der Waals surface area (Å²) in [5.74, 6) is -0.000464. The smallest absolute Gasteiger partial charge is 0.264 e. The number of carbonyl (C=O) groups is 2. The summed E-state index contributed by atoms with van der Waals surface area (Å²) in [6.45, 7) is 4.37. The number of sulfonamides is 1. The van der Waals surface area contributed by atoms with Crippen molar-refractivity contribution in [2.75, 3.05) is 30.6 Å². The molecule has 4 rings (SSSR count). The summed E-state index contributed by atoms with van der Waals surface area (Å²) in [5.41, 5.74) is 0.869. The van der Waals surface area contributed by atoms with Gasteiger partial charge in [-0.05, 0) is 48.7 Å². The number of hydrogen-bond acceptors (Lipinski definition) is 6. The Labute approximate surface area is 246 Å². The van der Waals surface area contributed by atoms with Crippen molar-refractivity contribution in [3.05, 3.63) is 83.4 Å². The molecule has 0 aromatic heterocycles. The van der Waals surface area contributed by atoms with Crippen LogP contribution in [0.2, 0.25) is 5.02 Å². The van der Waals surface area contributed by atoms with Crippen LogP contribution in [0.1, 0.15) is 32.3 Å². The first-order valence-electron chi connectivity index (χ1n) is 13.5. The minimum atomic E-state index is -4.19. The van der Waals surface area contributed by atoms with E-state index in [1.165, 1.54) is 17.0 Å². The number of carbonyl (C=O) groups excluding carboxylic acids is 2. The third-order valence-electron chi connectivity index (χ3n) is 6.66. The Morgan fingerprint density at radius 3 is 2.32 bits per heavy atom. The molecular formula is C30H34ClN3O6S. The van der Waals surface area contributed by atoms with Crippen molar-refractivity contribution in [3.63, 3.8) is 0 Å². The largest absolute Gasteiger partial charge is 0.486 e. The van der Waals surface area contributed by atoms with E-state index in [4.69, 9.17) is 21.1 Å². The van der Waals surface area contributed by atoms with Gasteiger partial charge in [0.25, 0.3) is 10.0 Å². The van der Waals surface area contributed by atoms with Crippen LogP contribution >= 0.6 is 11.6 Å². The number of benzene rings is 3. The number of nitrogens with one attached hydrogen (secondary N) is 1. The zero-order valence-corrected chi connectivity index (χ0v) is 24.7. The molecule has 0 radical (unpaired) electrons. The fourth-order valence-corrected chi connectivity index (χ4v) is 6.15. The molecule has 2 amide bonds. The zero-order chi connectivity index (χ0) is 29.4. The van der Waals surface area contributed by atoms with E-state index < -0.39 is 28.5 Å². The standard InChI is InChI=1S/C30H34ClN3O6S/c1-3-16-32-30(36)26(4-2)33(20-22-10-8-9-13-25(22)31)29(35)21-34(41(37,38)24-11-6-5-7-12-24)23-14-15-27-28(19-23)40-18-17-39-27/h5-15,19,26H,3-4,16-18,20-21H2,1-2H3,(H,32,36)/t26-/m1/s1. The summed E-state index contributed by atoms with van der Waals surface area (Å²) in [4.78, 5) is 28.7. The molecule has 1 aliphatic rings. The number of amides is 2. The van der Waals surface area contributed by atoms with Crippen molar-refractivity contribution in [1.29, 1.82) is 0 Å². The topological polar surface area (TPSA) is 105 Å². The summed E-state index contributed by atoms with van der Waals surface area (Å²) in [6.07, 6.45) is 1.05. The van der Waals surface area contributed by atoms with Gasteiger partial charge in [-0.2, -0.15) is 0 Å². The maximum atomic E-state index is 14.1. The van der Waals surface area contributed by atoms with Crippen LogP contribution < -0.4 is 19.1 Å². The molecule has 1 N–H and O–H groups in total. The van der Waals surface area contributed by atoms with Crippen molar-refractivity contribution in [1.82, 2.24) is 10.2 Å². The highest BCUT2D eigenvalue weighted by Gasteiger charge is 2.34. The molecule has 0 saturated carbocycles. The van der Waals surface area contributed by atoms with Crippen LogP contribution in [0.5, 0.6) is 11.5 Å². The molecule has 0 fully saturated rings. The van der Waals surface area contributed by atoms with Gasteiger partial charge in [0.2, 0.25) is 11.8 Å². The lowest BCUT2D eigenvalue weighted by Crippen LogP contribution is -2.52. The number of ether oxygens (including phenoxy) is 2. The lowest BCUT2D eigenvalue weighted by Gasteiger charge is -2.33. The van der Waals surface area contributed by atoms with Crippen LogP contribution in [0.3, 0.4) is 0 Å². The molecule has 0 bridgehead atoms. The molecule has 1 heterocycles. The van der Waals surface area contributed by atoms with Gasteiger partial charge in [-0.3, -0.25) is 13.9 Å². The second-order valence-electron chi connectivity index (χ2n) is 9.48. The number of halogens is 1. The molecule has 11 heteroatoms. The lowest BCUT2D eigenvalue weighted by molar-refractivity contribution is -0.140. The number of fused-ring (bicyclic) bond motifs is 1. The summed E-state index contributed by atoms with van der Waals surface area (Å²) in [7, 11) is -4.19. The van der Waals surface area contributed by atoms with Crippen LogP contribution in [0.4, 0.5) is 5.69 Å². The van der Waals surface area contributed by atoms with E-state index in [1.54, 1.807) is 60.7 Å². The maximum Gasteiger partial charge on any atom is 0.264 e. The number of hydrogen-bond donors (Lipinski definition) is 1. The lowest BCUT2D eigenvalue weighted by atomic mass is 10.1.